The van der Waals surface area contributed by atoms with Gasteiger partial charge in [0.15, 0.2) is 0 Å². The predicted molar refractivity (Wildman–Crippen MR) is 64.9 cm³/mol. The van der Waals surface area contributed by atoms with Gasteiger partial charge in [-0.1, -0.05) is 19.1 Å². The van der Waals surface area contributed by atoms with Crippen molar-refractivity contribution in [2.24, 2.45) is 5.92 Å². The zero-order valence-corrected chi connectivity index (χ0v) is 10.0. The van der Waals surface area contributed by atoms with Crippen LogP contribution in [0, 0.1) is 5.92 Å². The van der Waals surface area contributed by atoms with E-state index in [1.165, 1.54) is 4.90 Å². The number of nitrogens with two attached hydrogens (primary N) is 1. The summed E-state index contributed by atoms with van der Waals surface area (Å²) in [5.41, 5.74) is 7.23. The summed E-state index contributed by atoms with van der Waals surface area (Å²) in [5, 5.41) is 0. The molecular weight excluding hydrogens is 216 g/mol. The van der Waals surface area contributed by atoms with Crippen LogP contribution in [0.1, 0.15) is 31.9 Å². The highest BCUT2D eigenvalue weighted by atomic mass is 16.2. The Morgan fingerprint density at radius 3 is 2.65 bits per heavy atom. The molecule has 4 nitrogen and oxygen atoms in total. The van der Waals surface area contributed by atoms with Crippen LogP contribution in [0.3, 0.4) is 0 Å². The minimum Gasteiger partial charge on any atom is -0.399 e. The highest BCUT2D eigenvalue weighted by Gasteiger charge is 2.38. The first-order chi connectivity index (χ1) is 8.00. The molecule has 2 amide bonds. The fourth-order valence-electron chi connectivity index (χ4n) is 2.18. The molecule has 0 bridgehead atoms. The van der Waals surface area contributed by atoms with Crippen molar-refractivity contribution >= 4 is 17.5 Å². The summed E-state index contributed by atoms with van der Waals surface area (Å²) < 4.78 is 0. The number of carbonyl (C=O) groups is 2. The molecule has 0 radical (unpaired) electrons. The summed E-state index contributed by atoms with van der Waals surface area (Å²) in [5.74, 6) is -0.395. The lowest BCUT2D eigenvalue weighted by Gasteiger charge is -2.23. The molecule has 1 aliphatic rings. The molecular formula is C13H16N2O2. The van der Waals surface area contributed by atoms with E-state index in [4.69, 9.17) is 5.73 Å². The Morgan fingerprint density at radius 1 is 1.41 bits per heavy atom. The van der Waals surface area contributed by atoms with Gasteiger partial charge in [0.25, 0.3) is 0 Å². The Balaban J connectivity index is 2.29. The van der Waals surface area contributed by atoms with Crippen LogP contribution in [0.4, 0.5) is 5.69 Å². The van der Waals surface area contributed by atoms with Gasteiger partial charge in [-0.3, -0.25) is 14.5 Å². The lowest BCUT2D eigenvalue weighted by atomic mass is 10.1. The lowest BCUT2D eigenvalue weighted by molar-refractivity contribution is -0.141. The second-order valence-corrected chi connectivity index (χ2v) is 4.55. The standard InChI is InChI=1S/C13H16N2O2/c1-8-6-12(16)15(13(8)17)9(2)10-4-3-5-11(14)7-10/h3-5,7-9H,6,14H2,1-2H3. The number of rotatable bonds is 2. The van der Waals surface area contributed by atoms with Crippen LogP contribution < -0.4 is 5.73 Å². The molecule has 1 aromatic carbocycles. The van der Waals surface area contributed by atoms with Crippen LogP contribution in [0.25, 0.3) is 0 Å². The third-order valence-electron chi connectivity index (χ3n) is 3.19. The summed E-state index contributed by atoms with van der Waals surface area (Å²) in [6.07, 6.45) is 0.311. The van der Waals surface area contributed by atoms with Crippen molar-refractivity contribution in [2.75, 3.05) is 5.73 Å². The Morgan fingerprint density at radius 2 is 2.12 bits per heavy atom. The highest BCUT2D eigenvalue weighted by molar-refractivity contribution is 6.03. The van der Waals surface area contributed by atoms with Gasteiger partial charge in [-0.25, -0.2) is 0 Å². The van der Waals surface area contributed by atoms with E-state index in [-0.39, 0.29) is 23.8 Å². The normalized spacial score (nSPS) is 22.0. The van der Waals surface area contributed by atoms with Crippen LogP contribution in [-0.4, -0.2) is 16.7 Å². The summed E-state index contributed by atoms with van der Waals surface area (Å²) in [4.78, 5) is 25.0. The Labute approximate surface area is 100 Å². The van der Waals surface area contributed by atoms with Gasteiger partial charge >= 0.3 is 0 Å². The Bertz CT molecular complexity index is 470. The number of hydrogen-bond donors (Lipinski definition) is 1. The van der Waals surface area contributed by atoms with Crippen LogP contribution in [0.15, 0.2) is 24.3 Å². The predicted octanol–water partition coefficient (Wildman–Crippen LogP) is 1.72. The maximum Gasteiger partial charge on any atom is 0.233 e. The molecule has 2 N–H and O–H groups in total. The summed E-state index contributed by atoms with van der Waals surface area (Å²) in [6.45, 7) is 3.63. The smallest absolute Gasteiger partial charge is 0.233 e. The number of anilines is 1. The number of imide groups is 1. The first-order valence-corrected chi connectivity index (χ1v) is 5.72. The van der Waals surface area contributed by atoms with E-state index in [1.54, 1.807) is 19.1 Å². The van der Waals surface area contributed by atoms with E-state index in [1.807, 2.05) is 19.1 Å². The fraction of sp³-hybridized carbons (Fsp3) is 0.385. The Hall–Kier alpha value is -1.84. The third kappa shape index (κ3) is 2.02. The summed E-state index contributed by atoms with van der Waals surface area (Å²) in [7, 11) is 0. The number of carbonyl (C=O) groups excluding carboxylic acids is 2. The number of benzene rings is 1. The van der Waals surface area contributed by atoms with Crippen molar-refractivity contribution in [3.05, 3.63) is 29.8 Å². The minimum atomic E-state index is -0.247. The van der Waals surface area contributed by atoms with Gasteiger partial charge < -0.3 is 5.73 Å². The number of amides is 2. The molecule has 4 heteroatoms. The van der Waals surface area contributed by atoms with Crippen molar-refractivity contribution in [1.82, 2.24) is 4.90 Å². The van der Waals surface area contributed by atoms with E-state index in [0.717, 1.165) is 5.56 Å². The van der Waals surface area contributed by atoms with E-state index in [2.05, 4.69) is 0 Å². The van der Waals surface area contributed by atoms with E-state index >= 15 is 0 Å². The largest absolute Gasteiger partial charge is 0.399 e. The quantitative estimate of drug-likeness (QED) is 0.623. The minimum absolute atomic E-state index is 0.0927. The first-order valence-electron chi connectivity index (χ1n) is 5.72. The average Bonchev–Trinajstić information content (AvgIpc) is 2.52. The van der Waals surface area contributed by atoms with Crippen LogP contribution in [-0.2, 0) is 9.59 Å². The average molecular weight is 232 g/mol. The molecule has 1 heterocycles. The maximum atomic E-state index is 11.9. The fourth-order valence-corrected chi connectivity index (χ4v) is 2.18. The van der Waals surface area contributed by atoms with Gasteiger partial charge in [0, 0.05) is 18.0 Å². The number of hydrogen-bond acceptors (Lipinski definition) is 3. The first kappa shape index (κ1) is 11.6. The zero-order valence-electron chi connectivity index (χ0n) is 10.0. The van der Waals surface area contributed by atoms with E-state index in [9.17, 15) is 9.59 Å². The molecule has 0 spiro atoms. The van der Waals surface area contributed by atoms with E-state index in [0.29, 0.717) is 12.1 Å². The number of nitrogens with zero attached hydrogens (tertiary/aromatic N) is 1. The summed E-state index contributed by atoms with van der Waals surface area (Å²) in [6, 6.07) is 7.05. The van der Waals surface area contributed by atoms with Crippen LogP contribution >= 0.6 is 0 Å². The molecule has 1 aromatic rings. The third-order valence-corrected chi connectivity index (χ3v) is 3.19. The molecule has 90 valence electrons. The van der Waals surface area contributed by atoms with Crippen LogP contribution in [0.2, 0.25) is 0 Å². The molecule has 1 saturated heterocycles. The molecule has 1 fully saturated rings. The van der Waals surface area contributed by atoms with Gasteiger partial charge in [0.1, 0.15) is 0 Å². The number of nitrogen functional groups attached to an aromatic ring is 1. The molecule has 2 rings (SSSR count). The van der Waals surface area contributed by atoms with Gasteiger partial charge in [-0.05, 0) is 24.6 Å². The van der Waals surface area contributed by atoms with Gasteiger partial charge in [-0.15, -0.1) is 0 Å². The van der Waals surface area contributed by atoms with Crippen molar-refractivity contribution < 1.29 is 9.59 Å². The maximum absolute atomic E-state index is 11.9. The van der Waals surface area contributed by atoms with Gasteiger partial charge in [0.05, 0.1) is 6.04 Å². The van der Waals surface area contributed by atoms with Gasteiger partial charge in [-0.2, -0.15) is 0 Å². The van der Waals surface area contributed by atoms with Crippen molar-refractivity contribution in [2.45, 2.75) is 26.3 Å². The van der Waals surface area contributed by atoms with Crippen LogP contribution in [0.5, 0.6) is 0 Å². The monoisotopic (exact) mass is 232 g/mol. The van der Waals surface area contributed by atoms with Crippen molar-refractivity contribution in [3.8, 4) is 0 Å². The second kappa shape index (κ2) is 4.20. The molecule has 0 aliphatic carbocycles. The Kier molecular flexibility index (Phi) is 2.88. The summed E-state index contributed by atoms with van der Waals surface area (Å²) >= 11 is 0. The molecule has 1 aliphatic heterocycles. The SMILES string of the molecule is CC1CC(=O)N(C(C)c2cccc(N)c2)C1=O. The van der Waals surface area contributed by atoms with Crippen molar-refractivity contribution in [3.63, 3.8) is 0 Å². The molecule has 0 aromatic heterocycles. The number of likely N-dealkylation sites (tertiary alicyclic amines) is 1. The topological polar surface area (TPSA) is 63.4 Å². The highest BCUT2D eigenvalue weighted by Crippen LogP contribution is 2.29. The van der Waals surface area contributed by atoms with Gasteiger partial charge in [0.2, 0.25) is 11.8 Å². The van der Waals surface area contributed by atoms with E-state index < -0.39 is 0 Å². The molecule has 17 heavy (non-hydrogen) atoms. The molecule has 2 unspecified atom stereocenters. The second-order valence-electron chi connectivity index (χ2n) is 4.55. The van der Waals surface area contributed by atoms with Crippen molar-refractivity contribution in [1.29, 1.82) is 0 Å². The zero-order chi connectivity index (χ0) is 12.6. The molecule has 0 saturated carbocycles. The molecule has 2 atom stereocenters. The lowest BCUT2D eigenvalue weighted by Crippen LogP contribution is -2.33.